The van der Waals surface area contributed by atoms with Gasteiger partial charge in [-0.3, -0.25) is 4.79 Å². The molecule has 0 aliphatic carbocycles. The number of carbonyl (C=O) groups is 1. The van der Waals surface area contributed by atoms with E-state index in [1.165, 1.54) is 0 Å². The van der Waals surface area contributed by atoms with Crippen LogP contribution >= 0.6 is 0 Å². The summed E-state index contributed by atoms with van der Waals surface area (Å²) in [5, 5.41) is 22.1. The van der Waals surface area contributed by atoms with Crippen LogP contribution in [-0.2, 0) is 5.41 Å². The summed E-state index contributed by atoms with van der Waals surface area (Å²) >= 11 is 0. The molecule has 0 radical (unpaired) electrons. The van der Waals surface area contributed by atoms with Gasteiger partial charge >= 0.3 is 0 Å². The highest BCUT2D eigenvalue weighted by molar-refractivity contribution is 6.15. The van der Waals surface area contributed by atoms with E-state index in [9.17, 15) is 15.0 Å². The van der Waals surface area contributed by atoms with Crippen LogP contribution in [-0.4, -0.2) is 16.0 Å². The number of hydrogen-bond donors (Lipinski definition) is 2. The Morgan fingerprint density at radius 1 is 0.840 bits per heavy atom. The lowest BCUT2D eigenvalue weighted by Gasteiger charge is -2.19. The maximum Gasteiger partial charge on any atom is 0.197 e. The van der Waals surface area contributed by atoms with Gasteiger partial charge in [-0.05, 0) is 17.9 Å². The van der Waals surface area contributed by atoms with Gasteiger partial charge in [-0.25, -0.2) is 0 Å². The van der Waals surface area contributed by atoms with E-state index in [0.29, 0.717) is 21.9 Å². The summed E-state index contributed by atoms with van der Waals surface area (Å²) in [6.45, 7) is 7.99. The molecule has 0 aromatic heterocycles. The molecule has 3 heteroatoms. The zero-order valence-electron chi connectivity index (χ0n) is 14.9. The highest BCUT2D eigenvalue weighted by atomic mass is 16.3. The van der Waals surface area contributed by atoms with Gasteiger partial charge < -0.3 is 10.2 Å². The Morgan fingerprint density at radius 3 is 1.88 bits per heavy atom. The predicted octanol–water partition coefficient (Wildman–Crippen LogP) is 5.09. The smallest absolute Gasteiger partial charge is 0.197 e. The van der Waals surface area contributed by atoms with E-state index >= 15 is 0 Å². The fraction of sp³-hybridized carbons (Fsp3) is 0.227. The molecule has 25 heavy (non-hydrogen) atoms. The zero-order valence-corrected chi connectivity index (χ0v) is 14.9. The number of rotatable bonds is 2. The lowest BCUT2D eigenvalue weighted by atomic mass is 9.86. The fourth-order valence-electron chi connectivity index (χ4n) is 3.07. The second-order valence-corrected chi connectivity index (χ2v) is 7.40. The molecule has 0 unspecified atom stereocenters. The van der Waals surface area contributed by atoms with Gasteiger partial charge in [0.2, 0.25) is 0 Å². The molecule has 0 heterocycles. The van der Waals surface area contributed by atoms with Crippen LogP contribution in [0.4, 0.5) is 0 Å². The molecule has 3 nitrogen and oxygen atoms in total. The minimum atomic E-state index is -0.295. The van der Waals surface area contributed by atoms with Crippen LogP contribution in [0.2, 0.25) is 0 Å². The van der Waals surface area contributed by atoms with E-state index in [1.807, 2.05) is 12.1 Å². The first kappa shape index (κ1) is 17.0. The van der Waals surface area contributed by atoms with Crippen LogP contribution < -0.4 is 0 Å². The lowest BCUT2D eigenvalue weighted by molar-refractivity contribution is 0.103. The quantitative estimate of drug-likeness (QED) is 0.507. The molecule has 3 rings (SSSR count). The normalized spacial score (nSPS) is 11.7. The number of hydrogen-bond acceptors (Lipinski definition) is 3. The van der Waals surface area contributed by atoms with Crippen molar-refractivity contribution < 1.29 is 15.0 Å². The molecule has 0 amide bonds. The minimum absolute atomic E-state index is 0.000844. The van der Waals surface area contributed by atoms with Crippen molar-refractivity contribution in [2.45, 2.75) is 33.1 Å². The Labute approximate surface area is 147 Å². The van der Waals surface area contributed by atoms with Crippen LogP contribution in [0.1, 0.15) is 47.8 Å². The van der Waals surface area contributed by atoms with Gasteiger partial charge in [0.1, 0.15) is 11.5 Å². The number of phenolic OH excluding ortho intramolecular Hbond substituents is 2. The van der Waals surface area contributed by atoms with Gasteiger partial charge in [0.15, 0.2) is 5.78 Å². The molecule has 0 spiro atoms. The average molecular weight is 334 g/mol. The Balaban J connectivity index is 2.15. The highest BCUT2D eigenvalue weighted by Crippen LogP contribution is 2.40. The monoisotopic (exact) mass is 334 g/mol. The average Bonchev–Trinajstić information content (AvgIpc) is 2.59. The van der Waals surface area contributed by atoms with Gasteiger partial charge in [-0.15, -0.1) is 0 Å². The van der Waals surface area contributed by atoms with Crippen LogP contribution in [0.5, 0.6) is 11.5 Å². The summed E-state index contributed by atoms with van der Waals surface area (Å²) in [7, 11) is 0. The third-order valence-electron chi connectivity index (χ3n) is 4.64. The highest BCUT2D eigenvalue weighted by Gasteiger charge is 2.23. The van der Waals surface area contributed by atoms with E-state index < -0.39 is 0 Å². The molecular weight excluding hydrogens is 312 g/mol. The summed E-state index contributed by atoms with van der Waals surface area (Å²) in [6, 6.07) is 14.4. The van der Waals surface area contributed by atoms with Gasteiger partial charge in [-0.1, -0.05) is 69.3 Å². The van der Waals surface area contributed by atoms with E-state index in [0.717, 1.165) is 5.56 Å². The largest absolute Gasteiger partial charge is 0.507 e. The van der Waals surface area contributed by atoms with Crippen molar-refractivity contribution in [2.75, 3.05) is 0 Å². The number of fused-ring (bicyclic) bond motifs is 1. The Kier molecular flexibility index (Phi) is 4.03. The van der Waals surface area contributed by atoms with Crippen LogP contribution in [0.25, 0.3) is 10.8 Å². The number of aromatic hydroxyl groups is 2. The molecule has 128 valence electrons. The summed E-state index contributed by atoms with van der Waals surface area (Å²) < 4.78 is 0. The Morgan fingerprint density at radius 2 is 1.36 bits per heavy atom. The molecule has 0 bridgehead atoms. The SMILES string of the molecule is Cc1c(C(=O)c2ccc(C(C)(C)C)cc2)c(O)c2ccccc2c1O. The summed E-state index contributed by atoms with van der Waals surface area (Å²) in [5.41, 5.74) is 2.16. The van der Waals surface area contributed by atoms with Gasteiger partial charge in [0.05, 0.1) is 5.56 Å². The van der Waals surface area contributed by atoms with Crippen molar-refractivity contribution in [3.05, 3.63) is 70.8 Å². The Bertz CT molecular complexity index is 961. The molecule has 0 saturated carbocycles. The van der Waals surface area contributed by atoms with Crippen molar-refractivity contribution in [3.63, 3.8) is 0 Å². The lowest BCUT2D eigenvalue weighted by Crippen LogP contribution is -2.11. The fourth-order valence-corrected chi connectivity index (χ4v) is 3.07. The van der Waals surface area contributed by atoms with Crippen molar-refractivity contribution >= 4 is 16.6 Å². The zero-order chi connectivity index (χ0) is 18.4. The minimum Gasteiger partial charge on any atom is -0.507 e. The van der Waals surface area contributed by atoms with E-state index in [-0.39, 0.29) is 28.3 Å². The first-order valence-electron chi connectivity index (χ1n) is 8.30. The molecular formula is C22H22O3. The van der Waals surface area contributed by atoms with Crippen LogP contribution in [0.15, 0.2) is 48.5 Å². The summed E-state index contributed by atoms with van der Waals surface area (Å²) in [5.74, 6) is -0.352. The second kappa shape index (κ2) is 5.92. The summed E-state index contributed by atoms with van der Waals surface area (Å²) in [4.78, 5) is 13.0. The van der Waals surface area contributed by atoms with E-state index in [1.54, 1.807) is 43.3 Å². The number of phenols is 2. The van der Waals surface area contributed by atoms with Crippen molar-refractivity contribution in [1.82, 2.24) is 0 Å². The standard InChI is InChI=1S/C22H22O3/c1-13-18(21(25)17-8-6-5-7-16(17)19(13)23)20(24)14-9-11-15(12-10-14)22(2,3)4/h5-12,23,25H,1-4H3. The molecule has 0 aliphatic heterocycles. The molecule has 0 atom stereocenters. The van der Waals surface area contributed by atoms with Gasteiger partial charge in [-0.2, -0.15) is 0 Å². The van der Waals surface area contributed by atoms with Crippen LogP contribution in [0.3, 0.4) is 0 Å². The maximum absolute atomic E-state index is 13.0. The van der Waals surface area contributed by atoms with E-state index in [2.05, 4.69) is 20.8 Å². The molecule has 3 aromatic carbocycles. The van der Waals surface area contributed by atoms with Crippen molar-refractivity contribution in [1.29, 1.82) is 0 Å². The number of ketones is 1. The molecule has 0 fully saturated rings. The Hall–Kier alpha value is -2.81. The van der Waals surface area contributed by atoms with Crippen molar-refractivity contribution in [3.8, 4) is 11.5 Å². The first-order valence-corrected chi connectivity index (χ1v) is 8.30. The third-order valence-corrected chi connectivity index (χ3v) is 4.64. The second-order valence-electron chi connectivity index (χ2n) is 7.40. The molecule has 2 N–H and O–H groups in total. The van der Waals surface area contributed by atoms with Crippen molar-refractivity contribution in [2.24, 2.45) is 0 Å². The van der Waals surface area contributed by atoms with Crippen LogP contribution in [0, 0.1) is 6.92 Å². The van der Waals surface area contributed by atoms with Gasteiger partial charge in [0, 0.05) is 21.9 Å². The summed E-state index contributed by atoms with van der Waals surface area (Å²) in [6.07, 6.45) is 0. The first-order chi connectivity index (χ1) is 11.7. The number of benzene rings is 3. The third kappa shape index (κ3) is 2.86. The molecule has 3 aromatic rings. The maximum atomic E-state index is 13.0. The predicted molar refractivity (Wildman–Crippen MR) is 101 cm³/mol. The molecule has 0 aliphatic rings. The molecule has 0 saturated heterocycles. The van der Waals surface area contributed by atoms with Gasteiger partial charge in [0.25, 0.3) is 0 Å². The topological polar surface area (TPSA) is 57.5 Å². The number of carbonyl (C=O) groups excluding carboxylic acids is 1. The van der Waals surface area contributed by atoms with E-state index in [4.69, 9.17) is 0 Å².